The Balaban J connectivity index is 0.000000296. The largest absolute Gasteiger partial charge is 0.744 e. The first-order valence-corrected chi connectivity index (χ1v) is 16.0. The third-order valence-electron chi connectivity index (χ3n) is 6.08. The van der Waals surface area contributed by atoms with Crippen LogP contribution in [-0.2, 0) is 21.4 Å². The SMILES string of the molecule is CCOC(=O)c1ncn2c1CN(C)C(=O)c1cc([I+]c3cccc(OC)c3)ccc1-2.Cc1ccc(S(=O)(=O)[O-])cc1. The monoisotopic (exact) mass is 689 g/mol. The van der Waals surface area contributed by atoms with E-state index in [1.54, 1.807) is 44.4 Å². The standard InChI is InChI=1S/C22H21IN3O4.C7H8O3S/c1-4-30-22(28)20-19-12-25(2)21(27)17-11-15(8-9-18(17)26(19)13-24-20)23-14-6-5-7-16(10-14)29-3;1-6-2-4-7(5-3-6)11(8,9)10/h5-11,13H,4,12H2,1-3H3;2-5H,1H3,(H,8,9,10)/q+1;/p-1. The number of hydrogen-bond donors (Lipinski definition) is 0. The van der Waals surface area contributed by atoms with Gasteiger partial charge in [0.15, 0.2) is 12.8 Å². The molecule has 1 aliphatic rings. The first kappa shape index (κ1) is 30.2. The molecule has 0 saturated carbocycles. The van der Waals surface area contributed by atoms with E-state index in [1.807, 2.05) is 47.9 Å². The van der Waals surface area contributed by atoms with Crippen LogP contribution in [0.4, 0.5) is 0 Å². The van der Waals surface area contributed by atoms with Crippen LogP contribution in [0.25, 0.3) is 5.69 Å². The molecule has 5 rings (SSSR count). The van der Waals surface area contributed by atoms with Crippen molar-refractivity contribution < 1.29 is 53.2 Å². The van der Waals surface area contributed by atoms with E-state index in [0.717, 1.165) is 20.6 Å². The quantitative estimate of drug-likeness (QED) is 0.164. The number of aromatic nitrogens is 2. The van der Waals surface area contributed by atoms with Crippen LogP contribution in [-0.4, -0.2) is 60.1 Å². The number of carbonyl (C=O) groups excluding carboxylic acids is 2. The van der Waals surface area contributed by atoms with E-state index in [0.29, 0.717) is 11.3 Å². The number of methoxy groups -OCH3 is 1. The number of halogens is 1. The molecule has 1 aromatic heterocycles. The zero-order chi connectivity index (χ0) is 29.7. The summed E-state index contributed by atoms with van der Waals surface area (Å²) in [6.07, 6.45) is 1.59. The fourth-order valence-corrected chi connectivity index (χ4v) is 6.90. The van der Waals surface area contributed by atoms with Gasteiger partial charge in [-0.15, -0.1) is 0 Å². The van der Waals surface area contributed by atoms with Gasteiger partial charge in [-0.2, -0.15) is 0 Å². The van der Waals surface area contributed by atoms with Crippen molar-refractivity contribution in [3.8, 4) is 11.4 Å². The van der Waals surface area contributed by atoms with E-state index in [1.165, 1.54) is 15.7 Å². The highest BCUT2D eigenvalue weighted by atomic mass is 127. The number of fused-ring (bicyclic) bond motifs is 3. The number of hydrogen-bond acceptors (Lipinski definition) is 8. The fourth-order valence-electron chi connectivity index (χ4n) is 4.04. The number of esters is 1. The normalized spacial score (nSPS) is 12.4. The molecule has 12 heteroatoms. The minimum Gasteiger partial charge on any atom is -0.744 e. The maximum absolute atomic E-state index is 13.1. The molecule has 0 aliphatic carbocycles. The van der Waals surface area contributed by atoms with Gasteiger partial charge in [0.2, 0.25) is 0 Å². The minimum absolute atomic E-state index is 0.0833. The predicted octanol–water partition coefficient (Wildman–Crippen LogP) is 0.671. The van der Waals surface area contributed by atoms with Crippen LogP contribution in [0, 0.1) is 14.1 Å². The zero-order valence-corrected chi connectivity index (χ0v) is 25.8. The van der Waals surface area contributed by atoms with Crippen LogP contribution in [0.3, 0.4) is 0 Å². The van der Waals surface area contributed by atoms with E-state index in [4.69, 9.17) is 9.47 Å². The van der Waals surface area contributed by atoms with Crippen LogP contribution in [0.15, 0.2) is 78.0 Å². The van der Waals surface area contributed by atoms with Gasteiger partial charge in [-0.1, -0.05) is 23.8 Å². The molecule has 0 spiro atoms. The summed E-state index contributed by atoms with van der Waals surface area (Å²) in [5.41, 5.74) is 3.15. The minimum atomic E-state index is -4.27. The molecule has 1 amide bonds. The van der Waals surface area contributed by atoms with Crippen LogP contribution in [0.2, 0.25) is 0 Å². The van der Waals surface area contributed by atoms with Crippen molar-refractivity contribution in [1.29, 1.82) is 0 Å². The number of aryl methyl sites for hydroxylation is 1. The molecule has 4 aromatic rings. The lowest BCUT2D eigenvalue weighted by molar-refractivity contribution is -0.597. The molecule has 41 heavy (non-hydrogen) atoms. The van der Waals surface area contributed by atoms with Gasteiger partial charge in [-0.25, -0.2) is 18.2 Å². The Morgan fingerprint density at radius 2 is 1.78 bits per heavy atom. The lowest BCUT2D eigenvalue weighted by atomic mass is 10.1. The van der Waals surface area contributed by atoms with E-state index in [9.17, 15) is 22.6 Å². The third-order valence-corrected chi connectivity index (χ3v) is 9.51. The summed E-state index contributed by atoms with van der Waals surface area (Å²) in [6.45, 7) is 4.13. The van der Waals surface area contributed by atoms with Gasteiger partial charge in [-0.3, -0.25) is 9.36 Å². The predicted molar refractivity (Wildman–Crippen MR) is 145 cm³/mol. The molecule has 0 unspecified atom stereocenters. The van der Waals surface area contributed by atoms with Crippen molar-refractivity contribution in [3.63, 3.8) is 0 Å². The number of benzene rings is 3. The summed E-state index contributed by atoms with van der Waals surface area (Å²) in [6, 6.07) is 19.7. The molecular formula is C29H28IN3O7S. The van der Waals surface area contributed by atoms with Gasteiger partial charge in [0, 0.05) is 19.2 Å². The lowest BCUT2D eigenvalue weighted by Crippen LogP contribution is -3.61. The first-order valence-electron chi connectivity index (χ1n) is 12.5. The topological polar surface area (TPSA) is 131 Å². The van der Waals surface area contributed by atoms with Crippen molar-refractivity contribution in [3.05, 3.63) is 103 Å². The Kier molecular flexibility index (Phi) is 9.46. The van der Waals surface area contributed by atoms with Crippen molar-refractivity contribution in [2.45, 2.75) is 25.3 Å². The van der Waals surface area contributed by atoms with Crippen LogP contribution < -0.4 is 25.9 Å². The van der Waals surface area contributed by atoms with Crippen LogP contribution >= 0.6 is 0 Å². The van der Waals surface area contributed by atoms with Gasteiger partial charge in [0.25, 0.3) is 5.91 Å². The molecule has 0 saturated heterocycles. The Morgan fingerprint density at radius 3 is 2.44 bits per heavy atom. The van der Waals surface area contributed by atoms with Crippen molar-refractivity contribution in [2.24, 2.45) is 0 Å². The summed E-state index contributed by atoms with van der Waals surface area (Å²) in [5, 5.41) is 0. The molecular weight excluding hydrogens is 661 g/mol. The van der Waals surface area contributed by atoms with Gasteiger partial charge in [-0.05, 0) is 50.2 Å². The van der Waals surface area contributed by atoms with Gasteiger partial charge in [0.05, 0.1) is 42.1 Å². The highest BCUT2D eigenvalue weighted by Crippen LogP contribution is 2.25. The molecule has 214 valence electrons. The van der Waals surface area contributed by atoms with Crippen LogP contribution in [0.5, 0.6) is 5.75 Å². The second kappa shape index (κ2) is 12.8. The molecule has 1 aliphatic heterocycles. The van der Waals surface area contributed by atoms with E-state index >= 15 is 0 Å². The number of carbonyl (C=O) groups is 2. The number of amides is 1. The number of nitrogens with zero attached hydrogens (tertiary/aromatic N) is 3. The number of rotatable bonds is 6. The highest BCUT2D eigenvalue weighted by Gasteiger charge is 2.30. The molecule has 0 atom stereocenters. The summed E-state index contributed by atoms with van der Waals surface area (Å²) in [5.74, 6) is 0.267. The maximum Gasteiger partial charge on any atom is 0.358 e. The van der Waals surface area contributed by atoms with Crippen LogP contribution in [0.1, 0.15) is 39.0 Å². The molecule has 0 radical (unpaired) electrons. The fraction of sp³-hybridized carbons (Fsp3) is 0.207. The summed E-state index contributed by atoms with van der Waals surface area (Å²) in [7, 11) is -0.886. The van der Waals surface area contributed by atoms with Crippen molar-refractivity contribution in [1.82, 2.24) is 14.5 Å². The molecule has 0 fully saturated rings. The Labute approximate surface area is 248 Å². The number of ether oxygens (including phenoxy) is 2. The van der Waals surface area contributed by atoms with Crippen molar-refractivity contribution in [2.75, 3.05) is 20.8 Å². The first-order chi connectivity index (χ1) is 19.5. The second-order valence-electron chi connectivity index (χ2n) is 8.98. The number of imidazole rings is 1. The second-order valence-corrected chi connectivity index (χ2v) is 13.4. The van der Waals surface area contributed by atoms with E-state index in [-0.39, 0.29) is 29.6 Å². The molecule has 3 aromatic carbocycles. The maximum atomic E-state index is 13.1. The summed E-state index contributed by atoms with van der Waals surface area (Å²) >= 11 is -0.482. The molecule has 0 N–H and O–H groups in total. The lowest BCUT2D eigenvalue weighted by Gasteiger charge is -2.14. The van der Waals surface area contributed by atoms with E-state index in [2.05, 4.69) is 11.1 Å². The Morgan fingerprint density at radius 1 is 1.07 bits per heavy atom. The average Bonchev–Trinajstić information content (AvgIpc) is 3.32. The average molecular weight is 690 g/mol. The molecule has 2 heterocycles. The van der Waals surface area contributed by atoms with E-state index < -0.39 is 37.3 Å². The third kappa shape index (κ3) is 7.13. The van der Waals surface area contributed by atoms with Gasteiger partial charge >= 0.3 is 27.2 Å². The zero-order valence-electron chi connectivity index (χ0n) is 22.8. The van der Waals surface area contributed by atoms with Gasteiger partial charge in [0.1, 0.15) is 22.2 Å². The Hall–Kier alpha value is -3.75. The van der Waals surface area contributed by atoms with Gasteiger partial charge < -0.3 is 18.9 Å². The Bertz CT molecular complexity index is 1680. The molecule has 0 bridgehead atoms. The highest BCUT2D eigenvalue weighted by molar-refractivity contribution is 7.85. The smallest absolute Gasteiger partial charge is 0.358 e. The molecule has 10 nitrogen and oxygen atoms in total. The summed E-state index contributed by atoms with van der Waals surface area (Å²) in [4.78, 5) is 31.1. The van der Waals surface area contributed by atoms with Crippen molar-refractivity contribution >= 4 is 22.0 Å². The summed E-state index contributed by atoms with van der Waals surface area (Å²) < 4.78 is 45.7.